The monoisotopic (exact) mass is 395 g/mol. The molecule has 5 nitrogen and oxygen atoms in total. The number of rotatable bonds is 6. The van der Waals surface area contributed by atoms with Crippen LogP contribution in [0.4, 0.5) is 19.1 Å². The molecule has 0 amide bonds. The second-order valence-corrected chi connectivity index (χ2v) is 7.98. The minimum atomic E-state index is -2.91. The van der Waals surface area contributed by atoms with E-state index in [-0.39, 0.29) is 23.8 Å². The maximum absolute atomic E-state index is 14.1. The third-order valence-electron chi connectivity index (χ3n) is 4.54. The van der Waals surface area contributed by atoms with Crippen LogP contribution in [0.1, 0.15) is 61.2 Å². The van der Waals surface area contributed by atoms with E-state index >= 15 is 0 Å². The lowest BCUT2D eigenvalue weighted by molar-refractivity contribution is 0.0945. The first-order valence-electron chi connectivity index (χ1n) is 8.79. The van der Waals surface area contributed by atoms with Gasteiger partial charge in [0.25, 0.3) is 12.0 Å². The summed E-state index contributed by atoms with van der Waals surface area (Å²) in [6.07, 6.45) is -2.95. The molecular formula is C20H24F3N3O2. The van der Waals surface area contributed by atoms with Crippen molar-refractivity contribution in [1.29, 1.82) is 0 Å². The summed E-state index contributed by atoms with van der Waals surface area (Å²) in [5.41, 5.74) is -1.14. The zero-order valence-corrected chi connectivity index (χ0v) is 16.5. The van der Waals surface area contributed by atoms with Gasteiger partial charge in [0.2, 0.25) is 5.95 Å². The molecule has 1 aromatic heterocycles. The molecule has 28 heavy (non-hydrogen) atoms. The number of anilines is 1. The largest absolute Gasteiger partial charge is 0.348 e. The summed E-state index contributed by atoms with van der Waals surface area (Å²) in [5, 5.41) is 0. The Morgan fingerprint density at radius 3 is 2.36 bits per heavy atom. The summed E-state index contributed by atoms with van der Waals surface area (Å²) in [6.45, 7) is 5.63. The lowest BCUT2D eigenvalue weighted by Crippen LogP contribution is -2.25. The Morgan fingerprint density at radius 1 is 1.21 bits per heavy atom. The maximum atomic E-state index is 14.1. The van der Waals surface area contributed by atoms with Gasteiger partial charge in [0.05, 0.1) is 5.56 Å². The Bertz CT molecular complexity index is 918. The van der Waals surface area contributed by atoms with E-state index in [9.17, 15) is 22.8 Å². The highest BCUT2D eigenvalue weighted by Crippen LogP contribution is 2.39. The van der Waals surface area contributed by atoms with Gasteiger partial charge < -0.3 is 4.90 Å². The Kier molecular flexibility index (Phi) is 6.31. The highest BCUT2D eigenvalue weighted by atomic mass is 19.3. The Hall–Kier alpha value is -2.64. The predicted octanol–water partition coefficient (Wildman–Crippen LogP) is 4.32. The second kappa shape index (κ2) is 8.16. The number of carbonyl (C=O) groups is 1. The Labute approximate surface area is 161 Å². The molecule has 0 unspecified atom stereocenters. The molecule has 1 aromatic carbocycles. The van der Waals surface area contributed by atoms with Crippen LogP contribution in [0.15, 0.2) is 29.1 Å². The minimum absolute atomic E-state index is 0.00590. The SMILES string of the molecule is CN(C)c1nc(C(=O)C[C@@H](c2ccc(C(F)F)c(F)c2)C(C)(C)C)cc(=O)[nH]1. The van der Waals surface area contributed by atoms with Gasteiger partial charge in [-0.1, -0.05) is 32.9 Å². The van der Waals surface area contributed by atoms with Crippen molar-refractivity contribution < 1.29 is 18.0 Å². The fourth-order valence-electron chi connectivity index (χ4n) is 2.95. The van der Waals surface area contributed by atoms with E-state index in [0.717, 1.165) is 18.2 Å². The molecule has 0 bridgehead atoms. The molecule has 2 aromatic rings. The van der Waals surface area contributed by atoms with Crippen molar-refractivity contribution in [2.24, 2.45) is 5.41 Å². The van der Waals surface area contributed by atoms with Crippen LogP contribution in [-0.2, 0) is 0 Å². The lowest BCUT2D eigenvalue weighted by atomic mass is 9.73. The number of benzene rings is 1. The van der Waals surface area contributed by atoms with Gasteiger partial charge in [-0.2, -0.15) is 0 Å². The molecule has 0 spiro atoms. The average molecular weight is 395 g/mol. The highest BCUT2D eigenvalue weighted by Gasteiger charge is 2.30. The Balaban J connectivity index is 2.40. The van der Waals surface area contributed by atoms with Crippen molar-refractivity contribution in [1.82, 2.24) is 9.97 Å². The zero-order chi connectivity index (χ0) is 21.2. The fourth-order valence-corrected chi connectivity index (χ4v) is 2.95. The highest BCUT2D eigenvalue weighted by molar-refractivity contribution is 5.95. The maximum Gasteiger partial charge on any atom is 0.266 e. The van der Waals surface area contributed by atoms with Gasteiger partial charge in [-0.25, -0.2) is 18.2 Å². The number of halogens is 3. The molecule has 0 fully saturated rings. The first-order chi connectivity index (χ1) is 12.9. The number of aromatic amines is 1. The summed E-state index contributed by atoms with van der Waals surface area (Å²) < 4.78 is 39.7. The van der Waals surface area contributed by atoms with Crippen molar-refractivity contribution in [3.05, 3.63) is 57.3 Å². The van der Waals surface area contributed by atoms with Gasteiger partial charge in [-0.15, -0.1) is 0 Å². The van der Waals surface area contributed by atoms with Crippen molar-refractivity contribution in [3.63, 3.8) is 0 Å². The quantitative estimate of drug-likeness (QED) is 0.740. The molecule has 0 aliphatic rings. The fraction of sp³-hybridized carbons (Fsp3) is 0.450. The van der Waals surface area contributed by atoms with Crippen LogP contribution in [-0.4, -0.2) is 29.8 Å². The standard InChI is InChI=1S/C20H24F3N3O2/c1-20(2,3)13(11-6-7-12(18(22)23)14(21)8-11)9-16(27)15-10-17(28)25-19(24-15)26(4)5/h6-8,10,13,18H,9H2,1-5H3,(H,24,25,28)/t13-/m0/s1. The Morgan fingerprint density at radius 2 is 1.86 bits per heavy atom. The van der Waals surface area contributed by atoms with Crippen LogP contribution in [0, 0.1) is 11.2 Å². The van der Waals surface area contributed by atoms with Crippen molar-refractivity contribution >= 4 is 11.7 Å². The van der Waals surface area contributed by atoms with Crippen LogP contribution < -0.4 is 10.5 Å². The van der Waals surface area contributed by atoms with E-state index in [0.29, 0.717) is 5.56 Å². The summed E-state index contributed by atoms with van der Waals surface area (Å²) in [7, 11) is 3.36. The van der Waals surface area contributed by atoms with Crippen molar-refractivity contribution in [2.45, 2.75) is 39.5 Å². The number of carbonyl (C=O) groups excluding carboxylic acids is 1. The smallest absolute Gasteiger partial charge is 0.266 e. The van der Waals surface area contributed by atoms with Crippen molar-refractivity contribution in [2.75, 3.05) is 19.0 Å². The number of nitrogens with one attached hydrogen (secondary N) is 1. The third kappa shape index (κ3) is 4.99. The van der Waals surface area contributed by atoms with E-state index in [1.54, 1.807) is 19.0 Å². The molecule has 0 radical (unpaired) electrons. The normalized spacial score (nSPS) is 12.9. The number of Topliss-reactive ketones (excluding diaryl/α,β-unsaturated/α-hetero) is 1. The zero-order valence-electron chi connectivity index (χ0n) is 16.5. The molecule has 0 aliphatic heterocycles. The lowest BCUT2D eigenvalue weighted by Gasteiger charge is -2.31. The van der Waals surface area contributed by atoms with Crippen LogP contribution in [0.2, 0.25) is 0 Å². The molecule has 0 saturated carbocycles. The summed E-state index contributed by atoms with van der Waals surface area (Å²) in [6, 6.07) is 4.65. The van der Waals surface area contributed by atoms with E-state index in [1.165, 1.54) is 6.07 Å². The van der Waals surface area contributed by atoms with E-state index in [1.807, 2.05) is 20.8 Å². The van der Waals surface area contributed by atoms with Gasteiger partial charge in [0.15, 0.2) is 5.78 Å². The first-order valence-corrected chi connectivity index (χ1v) is 8.79. The first kappa shape index (κ1) is 21.7. The molecule has 1 N–H and O–H groups in total. The summed E-state index contributed by atoms with van der Waals surface area (Å²) in [4.78, 5) is 32.9. The molecule has 0 saturated heterocycles. The third-order valence-corrected chi connectivity index (χ3v) is 4.54. The van der Waals surface area contributed by atoms with E-state index < -0.39 is 34.7 Å². The molecule has 2 rings (SSSR count). The van der Waals surface area contributed by atoms with Gasteiger partial charge in [0, 0.05) is 26.6 Å². The number of aromatic nitrogens is 2. The van der Waals surface area contributed by atoms with Crippen molar-refractivity contribution in [3.8, 4) is 0 Å². The average Bonchev–Trinajstić information content (AvgIpc) is 2.57. The van der Waals surface area contributed by atoms with Gasteiger partial charge in [-0.05, 0) is 23.0 Å². The summed E-state index contributed by atoms with van der Waals surface area (Å²) in [5.74, 6) is -1.59. The van der Waals surface area contributed by atoms with Crippen LogP contribution in [0.3, 0.4) is 0 Å². The van der Waals surface area contributed by atoms with Crippen LogP contribution in [0.5, 0.6) is 0 Å². The molecule has 1 heterocycles. The number of hydrogen-bond donors (Lipinski definition) is 1. The predicted molar refractivity (Wildman–Crippen MR) is 102 cm³/mol. The molecular weight excluding hydrogens is 371 g/mol. The topological polar surface area (TPSA) is 66.1 Å². The number of nitrogens with zero attached hydrogens (tertiary/aromatic N) is 2. The molecule has 1 atom stereocenters. The number of H-pyrrole nitrogens is 1. The molecule has 8 heteroatoms. The van der Waals surface area contributed by atoms with Gasteiger partial charge in [-0.3, -0.25) is 14.6 Å². The molecule has 0 aliphatic carbocycles. The van der Waals surface area contributed by atoms with Gasteiger partial charge >= 0.3 is 0 Å². The van der Waals surface area contributed by atoms with E-state index in [4.69, 9.17) is 0 Å². The minimum Gasteiger partial charge on any atom is -0.348 e. The number of alkyl halides is 2. The van der Waals surface area contributed by atoms with Crippen LogP contribution >= 0.6 is 0 Å². The second-order valence-electron chi connectivity index (χ2n) is 7.98. The van der Waals surface area contributed by atoms with E-state index in [2.05, 4.69) is 9.97 Å². The number of ketones is 1. The van der Waals surface area contributed by atoms with Crippen LogP contribution in [0.25, 0.3) is 0 Å². The van der Waals surface area contributed by atoms with Gasteiger partial charge in [0.1, 0.15) is 11.5 Å². The molecule has 152 valence electrons. The number of hydrogen-bond acceptors (Lipinski definition) is 4. The summed E-state index contributed by atoms with van der Waals surface area (Å²) >= 11 is 0.